The molecular weight excluding hydrogens is 664 g/mol. The number of rotatable bonds is 10. The van der Waals surface area contributed by atoms with E-state index in [1.54, 1.807) is 0 Å². The predicted molar refractivity (Wildman–Crippen MR) is 66.8 cm³/mol. The van der Waals surface area contributed by atoms with Crippen LogP contribution in [0.5, 0.6) is 0 Å². The Bertz CT molecular complexity index is 830. The fourth-order valence-corrected chi connectivity index (χ4v) is 0.978. The van der Waals surface area contributed by atoms with Crippen LogP contribution in [0.1, 0.15) is 0 Å². The van der Waals surface area contributed by atoms with Crippen molar-refractivity contribution in [2.75, 3.05) is 0 Å². The van der Waals surface area contributed by atoms with Gasteiger partial charge in [-0.05, 0) is 0 Å². The van der Waals surface area contributed by atoms with Crippen LogP contribution in [0.2, 0.25) is 0 Å². The minimum Gasteiger partial charge on any atom is -0.395 e. The first-order chi connectivity index (χ1) is 17.1. The first-order valence-electron chi connectivity index (χ1n) is 7.67. The molecule has 0 aromatic heterocycles. The zero-order valence-corrected chi connectivity index (χ0v) is 16.7. The molecule has 0 aliphatic rings. The molecule has 0 aromatic rings. The standard InChI is InChI=1S/C6F14O2.C6F10O2/c7-1(8,9)3(13,14)21-5(17,18)6(19,20)22-4(15,16)2(10,11)12;7-1(8)3(11)17-5(13,14)6(15,16)18-4(12)2(9)10. The summed E-state index contributed by atoms with van der Waals surface area (Å²) in [7, 11) is 0. The van der Waals surface area contributed by atoms with Crippen molar-refractivity contribution in [2.24, 2.45) is 0 Å². The molecule has 0 fully saturated rings. The van der Waals surface area contributed by atoms with Crippen LogP contribution in [0.25, 0.3) is 0 Å². The Morgan fingerprint density at radius 2 is 0.500 bits per heavy atom. The molecule has 0 amide bonds. The van der Waals surface area contributed by atoms with E-state index < -0.39 is 73.2 Å². The van der Waals surface area contributed by atoms with E-state index in [1.165, 1.54) is 9.47 Å². The van der Waals surface area contributed by atoms with Crippen molar-refractivity contribution in [3.05, 3.63) is 24.2 Å². The maximum absolute atomic E-state index is 12.4. The minimum absolute atomic E-state index is 1.35. The Kier molecular flexibility index (Phi) is 11.9. The van der Waals surface area contributed by atoms with Gasteiger partial charge in [-0.2, -0.15) is 105 Å². The summed E-state index contributed by atoms with van der Waals surface area (Å²) in [5.74, 6) is 0. The number of hydrogen-bond acceptors (Lipinski definition) is 4. The summed E-state index contributed by atoms with van der Waals surface area (Å²) in [6, 6.07) is -6.82. The van der Waals surface area contributed by atoms with Gasteiger partial charge in [0.15, 0.2) is 0 Å². The maximum Gasteiger partial charge on any atom is 0.509 e. The van der Waals surface area contributed by atoms with Gasteiger partial charge in [0.2, 0.25) is 0 Å². The average molecular weight is 664 g/mol. The van der Waals surface area contributed by atoms with Gasteiger partial charge in [0.05, 0.1) is 0 Å². The van der Waals surface area contributed by atoms with Crippen molar-refractivity contribution in [1.29, 1.82) is 0 Å². The molecule has 0 unspecified atom stereocenters. The highest BCUT2D eigenvalue weighted by Crippen LogP contribution is 2.49. The van der Waals surface area contributed by atoms with Crippen LogP contribution in [-0.2, 0) is 18.9 Å². The summed E-state index contributed by atoms with van der Waals surface area (Å²) in [6.07, 6.45) is -61.8. The van der Waals surface area contributed by atoms with Gasteiger partial charge in [-0.15, -0.1) is 0 Å². The highest BCUT2D eigenvalue weighted by atomic mass is 19.4. The lowest BCUT2D eigenvalue weighted by Crippen LogP contribution is -2.56. The zero-order valence-electron chi connectivity index (χ0n) is 16.7. The summed E-state index contributed by atoms with van der Waals surface area (Å²) < 4.78 is 291. The molecular formula is C12F24O4. The highest BCUT2D eigenvalue weighted by Gasteiger charge is 2.75. The van der Waals surface area contributed by atoms with E-state index in [2.05, 4.69) is 9.47 Å². The van der Waals surface area contributed by atoms with E-state index in [1.807, 2.05) is 0 Å². The smallest absolute Gasteiger partial charge is 0.395 e. The molecule has 0 aliphatic heterocycles. The average Bonchev–Trinajstić information content (AvgIpc) is 2.63. The normalized spacial score (nSPS) is 14.2. The Balaban J connectivity index is 0. The molecule has 0 saturated carbocycles. The molecule has 0 saturated heterocycles. The summed E-state index contributed by atoms with van der Waals surface area (Å²) in [5.41, 5.74) is 0. The molecule has 4 nitrogen and oxygen atoms in total. The third-order valence-electron chi connectivity index (χ3n) is 2.58. The van der Waals surface area contributed by atoms with Crippen LogP contribution >= 0.6 is 0 Å². The summed E-state index contributed by atoms with van der Waals surface area (Å²) in [5, 5.41) is 0. The third-order valence-corrected chi connectivity index (χ3v) is 2.58. The van der Waals surface area contributed by atoms with E-state index in [0.717, 1.165) is 0 Å². The highest BCUT2D eigenvalue weighted by molar-refractivity contribution is 4.88. The van der Waals surface area contributed by atoms with Crippen LogP contribution in [0.4, 0.5) is 105 Å². The van der Waals surface area contributed by atoms with E-state index in [4.69, 9.17) is 0 Å². The molecule has 0 rings (SSSR count). The topological polar surface area (TPSA) is 36.9 Å². The van der Waals surface area contributed by atoms with Gasteiger partial charge in [0.1, 0.15) is 0 Å². The van der Waals surface area contributed by atoms with Crippen LogP contribution in [0.15, 0.2) is 24.2 Å². The molecule has 240 valence electrons. The van der Waals surface area contributed by atoms with E-state index in [0.29, 0.717) is 0 Å². The molecule has 0 aromatic carbocycles. The quantitative estimate of drug-likeness (QED) is 0.173. The number of hydrogen-bond donors (Lipinski definition) is 0. The first kappa shape index (κ1) is 39.5. The predicted octanol–water partition coefficient (Wildman–Crippen LogP) is 8.79. The summed E-state index contributed by atoms with van der Waals surface area (Å²) >= 11 is 0. The Morgan fingerprint density at radius 3 is 0.650 bits per heavy atom. The number of alkyl halides is 18. The van der Waals surface area contributed by atoms with Gasteiger partial charge in [0, 0.05) is 0 Å². The minimum atomic E-state index is -7.19. The van der Waals surface area contributed by atoms with Crippen molar-refractivity contribution in [3.63, 3.8) is 0 Å². The lowest BCUT2D eigenvalue weighted by molar-refractivity contribution is -0.552. The Hall–Kier alpha value is -2.68. The van der Waals surface area contributed by atoms with E-state index in [9.17, 15) is 105 Å². The first-order valence-corrected chi connectivity index (χ1v) is 7.67. The zero-order chi connectivity index (χ0) is 33.1. The monoisotopic (exact) mass is 664 g/mol. The second kappa shape index (κ2) is 12.0. The van der Waals surface area contributed by atoms with Crippen molar-refractivity contribution in [2.45, 2.75) is 49.0 Å². The molecule has 40 heavy (non-hydrogen) atoms. The Labute approximate surface area is 199 Å². The van der Waals surface area contributed by atoms with Crippen molar-refractivity contribution < 1.29 is 124 Å². The number of ether oxygens (including phenoxy) is 4. The molecule has 0 heterocycles. The van der Waals surface area contributed by atoms with Gasteiger partial charge in [-0.25, -0.2) is 9.47 Å². The van der Waals surface area contributed by atoms with Crippen LogP contribution in [0.3, 0.4) is 0 Å². The molecule has 0 atom stereocenters. The van der Waals surface area contributed by atoms with Crippen LogP contribution in [-0.4, -0.2) is 49.0 Å². The van der Waals surface area contributed by atoms with Gasteiger partial charge in [-0.1, -0.05) is 0 Å². The van der Waals surface area contributed by atoms with Crippen LogP contribution in [0, 0.1) is 0 Å². The van der Waals surface area contributed by atoms with Crippen molar-refractivity contribution in [3.8, 4) is 0 Å². The van der Waals surface area contributed by atoms with Gasteiger partial charge < -0.3 is 9.47 Å². The van der Waals surface area contributed by atoms with Gasteiger partial charge in [0.25, 0.3) is 0 Å². The molecule has 28 heteroatoms. The van der Waals surface area contributed by atoms with Crippen molar-refractivity contribution >= 4 is 0 Å². The second-order valence-corrected chi connectivity index (χ2v) is 5.57. The van der Waals surface area contributed by atoms with E-state index >= 15 is 0 Å². The largest absolute Gasteiger partial charge is 0.509 e. The maximum atomic E-state index is 12.4. The lowest BCUT2D eigenvalue weighted by atomic mass is 10.5. The molecule has 0 spiro atoms. The molecule has 0 N–H and O–H groups in total. The Morgan fingerprint density at radius 1 is 0.300 bits per heavy atom. The summed E-state index contributed by atoms with van der Waals surface area (Å²) in [4.78, 5) is 0. The number of halogens is 24. The summed E-state index contributed by atoms with van der Waals surface area (Å²) in [6.45, 7) is 0. The third kappa shape index (κ3) is 10.4. The molecule has 0 aliphatic carbocycles. The second-order valence-electron chi connectivity index (χ2n) is 5.57. The van der Waals surface area contributed by atoms with Crippen molar-refractivity contribution in [1.82, 2.24) is 0 Å². The van der Waals surface area contributed by atoms with Gasteiger partial charge >= 0.3 is 73.2 Å². The fourth-order valence-electron chi connectivity index (χ4n) is 0.978. The van der Waals surface area contributed by atoms with Gasteiger partial charge in [-0.3, -0.25) is 0 Å². The molecule has 0 radical (unpaired) electrons. The SMILES string of the molecule is FC(F)(F)C(F)(F)OC(F)(F)C(F)(F)OC(F)(F)C(F)(F)F.FC(F)=C(F)OC(F)(F)C(F)(F)OC(F)=C(F)F. The molecule has 0 bridgehead atoms. The van der Waals surface area contributed by atoms with Crippen LogP contribution < -0.4 is 0 Å². The lowest BCUT2D eigenvalue weighted by Gasteiger charge is -2.31. The fraction of sp³-hybridized carbons (Fsp3) is 0.667. The van der Waals surface area contributed by atoms with E-state index in [-0.39, 0.29) is 0 Å².